The first-order chi connectivity index (χ1) is 14.4. The van der Waals surface area contributed by atoms with Gasteiger partial charge in [-0.1, -0.05) is 6.58 Å². The van der Waals surface area contributed by atoms with E-state index in [2.05, 4.69) is 57.2 Å². The zero-order valence-electron chi connectivity index (χ0n) is 18.0. The van der Waals surface area contributed by atoms with E-state index in [0.717, 1.165) is 55.4 Å². The SMILES string of the molecule is C=C(/C=C\C1=C(C)CCN1C)NC1N=CC=C(n2cc(CN3CC(O)C3)c(C)n2)N1. The number of likely N-dealkylation sites (tertiary alicyclic amines) is 1. The number of hydrogen-bond acceptors (Lipinski definition) is 7. The quantitative estimate of drug-likeness (QED) is 0.591. The van der Waals surface area contributed by atoms with Gasteiger partial charge in [0.05, 0.1) is 11.8 Å². The third-order valence-electron chi connectivity index (χ3n) is 5.77. The first kappa shape index (κ1) is 20.4. The zero-order valence-corrected chi connectivity index (χ0v) is 18.0. The Bertz CT molecular complexity index is 933. The van der Waals surface area contributed by atoms with E-state index in [1.165, 1.54) is 11.3 Å². The topological polar surface area (TPSA) is 81.0 Å². The molecule has 0 bridgehead atoms. The lowest BCUT2D eigenvalue weighted by Gasteiger charge is -2.35. The van der Waals surface area contributed by atoms with E-state index in [1.54, 1.807) is 6.21 Å². The van der Waals surface area contributed by atoms with Crippen molar-refractivity contribution in [3.05, 3.63) is 59.2 Å². The maximum atomic E-state index is 9.48. The molecule has 3 aliphatic rings. The highest BCUT2D eigenvalue weighted by molar-refractivity contribution is 5.80. The molecule has 0 amide bonds. The van der Waals surface area contributed by atoms with Crippen molar-refractivity contribution in [2.45, 2.75) is 39.2 Å². The van der Waals surface area contributed by atoms with Crippen molar-refractivity contribution in [1.82, 2.24) is 30.2 Å². The molecule has 1 aromatic heterocycles. The number of aliphatic hydroxyl groups is 1. The number of allylic oxidation sites excluding steroid dienone is 3. The largest absolute Gasteiger partial charge is 0.390 e. The average molecular weight is 410 g/mol. The van der Waals surface area contributed by atoms with Crippen LogP contribution in [0.5, 0.6) is 0 Å². The standard InChI is InChI=1S/C22H31N7O/c1-15-8-10-27(4)20(15)6-5-16(2)24-22-23-9-7-21(25-22)29-12-18(17(3)26-29)11-28-13-19(30)14-28/h5-7,9,12,19,22,24-25,30H,2,8,10-11,13-14H2,1,3-4H3/b6-5-. The molecule has 1 atom stereocenters. The summed E-state index contributed by atoms with van der Waals surface area (Å²) < 4.78 is 1.85. The van der Waals surface area contributed by atoms with E-state index in [0.29, 0.717) is 0 Å². The van der Waals surface area contributed by atoms with Gasteiger partial charge in [0, 0.05) is 62.6 Å². The molecule has 4 rings (SSSR count). The van der Waals surface area contributed by atoms with Gasteiger partial charge in [0.2, 0.25) is 0 Å². The molecule has 4 heterocycles. The molecule has 1 saturated heterocycles. The van der Waals surface area contributed by atoms with Gasteiger partial charge in [-0.25, -0.2) is 9.67 Å². The highest BCUT2D eigenvalue weighted by Gasteiger charge is 2.25. The molecule has 0 radical (unpaired) electrons. The lowest BCUT2D eigenvalue weighted by molar-refractivity contribution is -0.00297. The van der Waals surface area contributed by atoms with Gasteiger partial charge in [-0.05, 0) is 44.1 Å². The minimum atomic E-state index is -0.308. The molecule has 0 saturated carbocycles. The van der Waals surface area contributed by atoms with Crippen molar-refractivity contribution in [2.75, 3.05) is 26.7 Å². The molecule has 1 fully saturated rings. The van der Waals surface area contributed by atoms with Crippen LogP contribution in [0.15, 0.2) is 53.0 Å². The number of β-amino-alcohol motifs (C(OH)–C–C–N with tert-alkyl or cyclic N) is 1. The second kappa shape index (κ2) is 8.49. The number of hydrogen-bond donors (Lipinski definition) is 3. The molecule has 8 nitrogen and oxygen atoms in total. The van der Waals surface area contributed by atoms with Crippen molar-refractivity contribution in [1.29, 1.82) is 0 Å². The van der Waals surface area contributed by atoms with Crippen LogP contribution < -0.4 is 10.6 Å². The first-order valence-corrected chi connectivity index (χ1v) is 10.4. The molecule has 0 aliphatic carbocycles. The van der Waals surface area contributed by atoms with Crippen molar-refractivity contribution < 1.29 is 5.11 Å². The van der Waals surface area contributed by atoms with Crippen molar-refractivity contribution >= 4 is 12.0 Å². The van der Waals surface area contributed by atoms with Crippen LogP contribution in [0, 0.1) is 6.92 Å². The van der Waals surface area contributed by atoms with Crippen LogP contribution in [0.3, 0.4) is 0 Å². The van der Waals surface area contributed by atoms with Crippen LogP contribution in [0.1, 0.15) is 24.6 Å². The lowest BCUT2D eigenvalue weighted by atomic mass is 10.1. The van der Waals surface area contributed by atoms with Crippen molar-refractivity contribution in [3.8, 4) is 0 Å². The number of nitrogens with one attached hydrogen (secondary N) is 2. The van der Waals surface area contributed by atoms with Gasteiger partial charge < -0.3 is 20.6 Å². The summed E-state index contributed by atoms with van der Waals surface area (Å²) in [5, 5.41) is 20.8. The minimum Gasteiger partial charge on any atom is -0.390 e. The van der Waals surface area contributed by atoms with Gasteiger partial charge in [-0.2, -0.15) is 5.10 Å². The summed E-state index contributed by atoms with van der Waals surface area (Å²) in [7, 11) is 2.11. The number of nitrogens with zero attached hydrogens (tertiary/aromatic N) is 5. The van der Waals surface area contributed by atoms with Gasteiger partial charge in [0.15, 0.2) is 6.29 Å². The van der Waals surface area contributed by atoms with E-state index >= 15 is 0 Å². The van der Waals surface area contributed by atoms with Crippen LogP contribution in [0.25, 0.3) is 5.82 Å². The fourth-order valence-electron chi connectivity index (χ4n) is 3.91. The Morgan fingerprint density at radius 1 is 1.40 bits per heavy atom. The third-order valence-corrected chi connectivity index (χ3v) is 5.77. The van der Waals surface area contributed by atoms with Gasteiger partial charge in [-0.3, -0.25) is 4.90 Å². The molecule has 160 valence electrons. The van der Waals surface area contributed by atoms with Gasteiger partial charge in [0.1, 0.15) is 5.82 Å². The number of aryl methyl sites for hydroxylation is 1. The number of aliphatic imine (C=N–C) groups is 1. The molecule has 0 spiro atoms. The normalized spacial score (nSPS) is 22.5. The molecule has 8 heteroatoms. The molecule has 30 heavy (non-hydrogen) atoms. The van der Waals surface area contributed by atoms with Gasteiger partial charge in [0.25, 0.3) is 0 Å². The molecule has 1 aromatic rings. The summed E-state index contributed by atoms with van der Waals surface area (Å²) in [5.74, 6) is 0.853. The predicted molar refractivity (Wildman–Crippen MR) is 119 cm³/mol. The van der Waals surface area contributed by atoms with Gasteiger partial charge >= 0.3 is 0 Å². The maximum absolute atomic E-state index is 9.48. The Labute approximate surface area is 178 Å². The highest BCUT2D eigenvalue weighted by Crippen LogP contribution is 2.22. The van der Waals surface area contributed by atoms with Crippen LogP contribution in [-0.2, 0) is 6.54 Å². The predicted octanol–water partition coefficient (Wildman–Crippen LogP) is 1.39. The molecule has 1 unspecified atom stereocenters. The van der Waals surface area contributed by atoms with Crippen LogP contribution in [-0.4, -0.2) is 70.0 Å². The van der Waals surface area contributed by atoms with E-state index in [1.807, 2.05) is 30.0 Å². The fourth-order valence-corrected chi connectivity index (χ4v) is 3.91. The van der Waals surface area contributed by atoms with E-state index < -0.39 is 0 Å². The summed E-state index contributed by atoms with van der Waals surface area (Å²) in [6.07, 6.45) is 10.4. The molecule has 3 N–H and O–H groups in total. The van der Waals surface area contributed by atoms with E-state index in [4.69, 9.17) is 0 Å². The van der Waals surface area contributed by atoms with Crippen LogP contribution in [0.4, 0.5) is 0 Å². The Hall–Kier alpha value is -2.84. The second-order valence-electron chi connectivity index (χ2n) is 8.27. The summed E-state index contributed by atoms with van der Waals surface area (Å²) in [6, 6.07) is 0. The maximum Gasteiger partial charge on any atom is 0.195 e. The molecular weight excluding hydrogens is 378 g/mol. The van der Waals surface area contributed by atoms with Crippen molar-refractivity contribution in [2.24, 2.45) is 4.99 Å². The summed E-state index contributed by atoms with van der Waals surface area (Å²) in [6.45, 7) is 11.6. The van der Waals surface area contributed by atoms with Crippen molar-refractivity contribution in [3.63, 3.8) is 0 Å². The Balaban J connectivity index is 1.34. The first-order valence-electron chi connectivity index (χ1n) is 10.4. The van der Waals surface area contributed by atoms with Crippen LogP contribution >= 0.6 is 0 Å². The molecule has 3 aliphatic heterocycles. The molecule has 0 aromatic carbocycles. The highest BCUT2D eigenvalue weighted by atomic mass is 16.3. The number of aromatic nitrogens is 2. The second-order valence-corrected chi connectivity index (χ2v) is 8.27. The average Bonchev–Trinajstić information content (AvgIpc) is 3.21. The summed E-state index contributed by atoms with van der Waals surface area (Å²) in [4.78, 5) is 8.92. The number of rotatable bonds is 7. The Morgan fingerprint density at radius 3 is 2.90 bits per heavy atom. The Kier molecular flexibility index (Phi) is 5.78. The zero-order chi connectivity index (χ0) is 21.3. The summed E-state index contributed by atoms with van der Waals surface area (Å²) in [5.41, 5.74) is 5.60. The van der Waals surface area contributed by atoms with Crippen LogP contribution in [0.2, 0.25) is 0 Å². The fraction of sp³-hybridized carbons (Fsp3) is 0.455. The Morgan fingerprint density at radius 2 is 2.20 bits per heavy atom. The summed E-state index contributed by atoms with van der Waals surface area (Å²) >= 11 is 0. The third kappa shape index (κ3) is 4.49. The monoisotopic (exact) mass is 409 g/mol. The number of aliphatic hydroxyl groups excluding tert-OH is 1. The van der Waals surface area contributed by atoms with Gasteiger partial charge in [-0.15, -0.1) is 0 Å². The smallest absolute Gasteiger partial charge is 0.195 e. The molecular formula is C22H31N7O. The minimum absolute atomic E-state index is 0.192. The lowest BCUT2D eigenvalue weighted by Crippen LogP contribution is -2.49. The van der Waals surface area contributed by atoms with E-state index in [9.17, 15) is 5.11 Å². The van der Waals surface area contributed by atoms with E-state index in [-0.39, 0.29) is 12.4 Å². The number of likely N-dealkylation sites (N-methyl/N-ethyl adjacent to an activating group) is 1.